The molecule has 0 aliphatic heterocycles. The van der Waals surface area contributed by atoms with Crippen LogP contribution in [0.4, 0.5) is 5.69 Å². The zero-order chi connectivity index (χ0) is 11.5. The highest BCUT2D eigenvalue weighted by Crippen LogP contribution is 2.32. The molecule has 82 valence electrons. The van der Waals surface area contributed by atoms with Gasteiger partial charge in [-0.3, -0.25) is 0 Å². The van der Waals surface area contributed by atoms with E-state index >= 15 is 0 Å². The average molecular weight is 250 g/mol. The fraction of sp³-hybridized carbons (Fsp3) is 0.0769. The molecule has 0 aliphatic carbocycles. The van der Waals surface area contributed by atoms with Crippen LogP contribution in [0.2, 0.25) is 5.02 Å². The van der Waals surface area contributed by atoms with E-state index in [1.165, 1.54) is 5.56 Å². The number of nitrogens with two attached hydrogens (primary N) is 1. The molecule has 2 N–H and O–H groups in total. The third-order valence-electron chi connectivity index (χ3n) is 2.21. The van der Waals surface area contributed by atoms with Gasteiger partial charge in [-0.25, -0.2) is 0 Å². The van der Waals surface area contributed by atoms with Crippen molar-refractivity contribution in [2.45, 2.75) is 16.7 Å². The van der Waals surface area contributed by atoms with E-state index < -0.39 is 0 Å². The van der Waals surface area contributed by atoms with Gasteiger partial charge in [-0.1, -0.05) is 29.4 Å². The topological polar surface area (TPSA) is 26.0 Å². The molecule has 0 aliphatic rings. The maximum absolute atomic E-state index is 5.95. The lowest BCUT2D eigenvalue weighted by Crippen LogP contribution is -1.88. The first kappa shape index (κ1) is 11.4. The molecule has 0 unspecified atom stereocenters. The summed E-state index contributed by atoms with van der Waals surface area (Å²) in [6.07, 6.45) is 0. The van der Waals surface area contributed by atoms with Gasteiger partial charge in [0.2, 0.25) is 0 Å². The molecule has 0 bridgehead atoms. The average Bonchev–Trinajstić information content (AvgIpc) is 2.25. The number of halogens is 1. The maximum atomic E-state index is 5.95. The van der Waals surface area contributed by atoms with Gasteiger partial charge >= 0.3 is 0 Å². The second-order valence-electron chi connectivity index (χ2n) is 3.60. The standard InChI is InChI=1S/C13H12ClNS/c1-9-2-7-13(12(15)8-9)16-11-5-3-10(14)4-6-11/h2-8H,15H2,1H3. The molecule has 2 aromatic rings. The van der Waals surface area contributed by atoms with Crippen molar-refractivity contribution in [3.8, 4) is 0 Å². The molecule has 0 saturated heterocycles. The van der Waals surface area contributed by atoms with Gasteiger partial charge in [-0.05, 0) is 48.9 Å². The summed E-state index contributed by atoms with van der Waals surface area (Å²) in [5.41, 5.74) is 7.95. The van der Waals surface area contributed by atoms with E-state index in [4.69, 9.17) is 17.3 Å². The molecule has 3 heteroatoms. The molecule has 0 atom stereocenters. The molecule has 0 spiro atoms. The second kappa shape index (κ2) is 4.81. The third-order valence-corrected chi connectivity index (χ3v) is 3.56. The molecule has 0 amide bonds. The molecule has 2 aromatic carbocycles. The fourth-order valence-electron chi connectivity index (χ4n) is 1.39. The highest BCUT2D eigenvalue weighted by molar-refractivity contribution is 7.99. The van der Waals surface area contributed by atoms with Crippen LogP contribution in [0.3, 0.4) is 0 Å². The zero-order valence-electron chi connectivity index (χ0n) is 8.91. The number of aryl methyl sites for hydroxylation is 1. The van der Waals surface area contributed by atoms with Crippen LogP contribution in [0.1, 0.15) is 5.56 Å². The van der Waals surface area contributed by atoms with Gasteiger partial charge < -0.3 is 5.73 Å². The molecule has 2 rings (SSSR count). The molecule has 0 aromatic heterocycles. The van der Waals surface area contributed by atoms with Gasteiger partial charge in [0.15, 0.2) is 0 Å². The normalized spacial score (nSPS) is 10.4. The Hall–Kier alpha value is -1.12. The van der Waals surface area contributed by atoms with E-state index in [2.05, 4.69) is 6.07 Å². The number of nitrogen functional groups attached to an aromatic ring is 1. The summed E-state index contributed by atoms with van der Waals surface area (Å²) in [5, 5.41) is 0.751. The van der Waals surface area contributed by atoms with Crippen LogP contribution in [-0.4, -0.2) is 0 Å². The molecule has 16 heavy (non-hydrogen) atoms. The Morgan fingerprint density at radius 2 is 1.75 bits per heavy atom. The van der Waals surface area contributed by atoms with Crippen molar-refractivity contribution in [3.63, 3.8) is 0 Å². The van der Waals surface area contributed by atoms with Gasteiger partial charge in [0.05, 0.1) is 0 Å². The molecule has 0 heterocycles. The van der Waals surface area contributed by atoms with Gasteiger partial charge in [0.1, 0.15) is 0 Å². The SMILES string of the molecule is Cc1ccc(Sc2ccc(Cl)cc2)c(N)c1. The van der Waals surface area contributed by atoms with Crippen molar-refractivity contribution in [1.29, 1.82) is 0 Å². The summed E-state index contributed by atoms with van der Waals surface area (Å²) in [5.74, 6) is 0. The Balaban J connectivity index is 2.23. The quantitative estimate of drug-likeness (QED) is 0.800. The lowest BCUT2D eigenvalue weighted by molar-refractivity contribution is 1.36. The Bertz CT molecular complexity index is 494. The highest BCUT2D eigenvalue weighted by atomic mass is 35.5. The zero-order valence-corrected chi connectivity index (χ0v) is 10.5. The van der Waals surface area contributed by atoms with Gasteiger partial charge in [-0.15, -0.1) is 0 Å². The second-order valence-corrected chi connectivity index (χ2v) is 5.15. The van der Waals surface area contributed by atoms with Crippen molar-refractivity contribution in [2.24, 2.45) is 0 Å². The first-order chi connectivity index (χ1) is 7.65. The number of hydrogen-bond donors (Lipinski definition) is 1. The number of benzene rings is 2. The highest BCUT2D eigenvalue weighted by Gasteiger charge is 2.01. The summed E-state index contributed by atoms with van der Waals surface area (Å²) in [6.45, 7) is 2.03. The summed E-state index contributed by atoms with van der Waals surface area (Å²) in [4.78, 5) is 2.22. The van der Waals surface area contributed by atoms with Crippen LogP contribution in [0.25, 0.3) is 0 Å². The number of hydrogen-bond acceptors (Lipinski definition) is 2. The summed E-state index contributed by atoms with van der Waals surface area (Å²) < 4.78 is 0. The van der Waals surface area contributed by atoms with E-state index in [0.717, 1.165) is 20.5 Å². The van der Waals surface area contributed by atoms with E-state index in [1.807, 2.05) is 43.3 Å². The smallest absolute Gasteiger partial charge is 0.0458 e. The minimum atomic E-state index is 0.751. The van der Waals surface area contributed by atoms with Crippen molar-refractivity contribution >= 4 is 29.1 Å². The lowest BCUT2D eigenvalue weighted by Gasteiger charge is -2.06. The van der Waals surface area contributed by atoms with Crippen molar-refractivity contribution in [1.82, 2.24) is 0 Å². The summed E-state index contributed by atoms with van der Waals surface area (Å²) >= 11 is 7.48. The largest absolute Gasteiger partial charge is 0.398 e. The molecular formula is C13H12ClNS. The first-order valence-corrected chi connectivity index (χ1v) is 6.14. The lowest BCUT2D eigenvalue weighted by atomic mass is 10.2. The van der Waals surface area contributed by atoms with Crippen molar-refractivity contribution in [2.75, 3.05) is 5.73 Å². The number of anilines is 1. The number of rotatable bonds is 2. The van der Waals surface area contributed by atoms with E-state index in [1.54, 1.807) is 11.8 Å². The van der Waals surface area contributed by atoms with Crippen LogP contribution in [-0.2, 0) is 0 Å². The van der Waals surface area contributed by atoms with Gasteiger partial charge in [0.25, 0.3) is 0 Å². The summed E-state index contributed by atoms with van der Waals surface area (Å²) in [6, 6.07) is 13.8. The van der Waals surface area contributed by atoms with Crippen molar-refractivity contribution in [3.05, 3.63) is 53.1 Å². The van der Waals surface area contributed by atoms with E-state index in [0.29, 0.717) is 0 Å². The fourth-order valence-corrected chi connectivity index (χ4v) is 2.36. The predicted molar refractivity (Wildman–Crippen MR) is 71.2 cm³/mol. The predicted octanol–water partition coefficient (Wildman–Crippen LogP) is 4.38. The van der Waals surface area contributed by atoms with Gasteiger partial charge in [0, 0.05) is 20.5 Å². The van der Waals surface area contributed by atoms with Crippen LogP contribution in [0, 0.1) is 6.92 Å². The third kappa shape index (κ3) is 2.71. The molecular weight excluding hydrogens is 238 g/mol. The monoisotopic (exact) mass is 249 g/mol. The van der Waals surface area contributed by atoms with Gasteiger partial charge in [-0.2, -0.15) is 0 Å². The minimum Gasteiger partial charge on any atom is -0.398 e. The minimum absolute atomic E-state index is 0.751. The molecule has 0 saturated carbocycles. The Morgan fingerprint density at radius 1 is 1.06 bits per heavy atom. The Kier molecular flexibility index (Phi) is 3.42. The molecule has 0 radical (unpaired) electrons. The molecule has 1 nitrogen and oxygen atoms in total. The summed E-state index contributed by atoms with van der Waals surface area (Å²) in [7, 11) is 0. The first-order valence-electron chi connectivity index (χ1n) is 4.95. The van der Waals surface area contributed by atoms with Crippen LogP contribution >= 0.6 is 23.4 Å². The van der Waals surface area contributed by atoms with Crippen LogP contribution in [0.15, 0.2) is 52.3 Å². The van der Waals surface area contributed by atoms with E-state index in [-0.39, 0.29) is 0 Å². The molecule has 0 fully saturated rings. The van der Waals surface area contributed by atoms with Crippen molar-refractivity contribution < 1.29 is 0 Å². The van der Waals surface area contributed by atoms with Crippen LogP contribution < -0.4 is 5.73 Å². The Morgan fingerprint density at radius 3 is 2.38 bits per heavy atom. The maximum Gasteiger partial charge on any atom is 0.0458 e. The van der Waals surface area contributed by atoms with Crippen LogP contribution in [0.5, 0.6) is 0 Å². The van der Waals surface area contributed by atoms with E-state index in [9.17, 15) is 0 Å². The Labute approximate surface area is 105 Å².